The zero-order chi connectivity index (χ0) is 49.2. The second-order valence-corrected chi connectivity index (χ2v) is 21.8. The van der Waals surface area contributed by atoms with E-state index >= 15 is 0 Å². The molecule has 9 aromatic rings. The molecule has 5 heteroatoms. The number of fused-ring (bicyclic) bond motifs is 1. The van der Waals surface area contributed by atoms with Crippen LogP contribution < -0.4 is 0 Å². The van der Waals surface area contributed by atoms with Crippen LogP contribution in [0.5, 0.6) is 5.75 Å². The number of aromatic nitrogens is 3. The number of hydrogen-bond donors (Lipinski definition) is 1. The van der Waals surface area contributed by atoms with Crippen LogP contribution in [0.1, 0.15) is 111 Å². The Hall–Kier alpha value is -6.35. The number of benzene rings is 7. The number of imidazole rings is 1. The van der Waals surface area contributed by atoms with E-state index in [4.69, 9.17) is 9.97 Å². The van der Waals surface area contributed by atoms with Gasteiger partial charge < -0.3 is 5.11 Å². The molecule has 2 aromatic heterocycles. The zero-order valence-electron chi connectivity index (χ0n) is 43.1. The third-order valence-electron chi connectivity index (χ3n) is 13.2. The largest absolute Gasteiger partial charge is 0.507 e. The van der Waals surface area contributed by atoms with Gasteiger partial charge in [0.05, 0.1) is 22.3 Å². The molecule has 7 aromatic carbocycles. The molecular formula is C64H64N3OPt-. The van der Waals surface area contributed by atoms with Crippen molar-refractivity contribution in [3.63, 3.8) is 0 Å². The summed E-state index contributed by atoms with van der Waals surface area (Å²) < 4.78 is 11.8. The van der Waals surface area contributed by atoms with Gasteiger partial charge in [0, 0.05) is 45.5 Å². The van der Waals surface area contributed by atoms with Crippen LogP contribution in [0.25, 0.3) is 83.9 Å². The van der Waals surface area contributed by atoms with Crippen LogP contribution >= 0.6 is 0 Å². The molecule has 0 saturated carbocycles. The van der Waals surface area contributed by atoms with Crippen LogP contribution in [-0.2, 0) is 37.3 Å². The Morgan fingerprint density at radius 2 is 1.17 bits per heavy atom. The van der Waals surface area contributed by atoms with Gasteiger partial charge in [-0.2, -0.15) is 0 Å². The number of aryl methyl sites for hydroxylation is 1. The monoisotopic (exact) mass is 1090 g/mol. The molecular weight excluding hydrogens is 1020 g/mol. The Morgan fingerprint density at radius 1 is 0.565 bits per heavy atom. The molecule has 0 saturated heterocycles. The van der Waals surface area contributed by atoms with Crippen molar-refractivity contribution in [2.24, 2.45) is 0 Å². The topological polar surface area (TPSA) is 50.9 Å². The van der Waals surface area contributed by atoms with Crippen molar-refractivity contribution in [3.05, 3.63) is 192 Å². The number of nitrogens with zero attached hydrogens (tertiary/aromatic N) is 3. The molecule has 0 aliphatic carbocycles. The molecule has 69 heavy (non-hydrogen) atoms. The summed E-state index contributed by atoms with van der Waals surface area (Å²) >= 11 is 0. The molecule has 1 N–H and O–H groups in total. The van der Waals surface area contributed by atoms with E-state index in [1.165, 1.54) is 5.56 Å². The second kappa shape index (κ2) is 18.9. The van der Waals surface area contributed by atoms with E-state index in [0.717, 1.165) is 94.7 Å². The van der Waals surface area contributed by atoms with Crippen LogP contribution in [0, 0.1) is 13.0 Å². The summed E-state index contributed by atoms with van der Waals surface area (Å²) in [5.74, 6) is -0.0909. The average Bonchev–Trinajstić information content (AvgIpc) is 3.70. The number of phenolic OH excluding ortho intramolecular Hbond substituents is 1. The smallest absolute Gasteiger partial charge is 0.148 e. The fourth-order valence-electron chi connectivity index (χ4n) is 9.23. The summed E-state index contributed by atoms with van der Waals surface area (Å²) in [7, 11) is 0. The van der Waals surface area contributed by atoms with Gasteiger partial charge in [-0.1, -0.05) is 202 Å². The van der Waals surface area contributed by atoms with E-state index < -0.39 is 5.89 Å². The number of aromatic hydroxyl groups is 1. The molecule has 0 radical (unpaired) electrons. The van der Waals surface area contributed by atoms with Gasteiger partial charge in [0.1, 0.15) is 11.6 Å². The van der Waals surface area contributed by atoms with E-state index in [9.17, 15) is 6.48 Å². The summed E-state index contributed by atoms with van der Waals surface area (Å²) in [6.07, 6.45) is 1.89. The van der Waals surface area contributed by atoms with Gasteiger partial charge in [-0.15, -0.1) is 29.3 Å². The van der Waals surface area contributed by atoms with Crippen LogP contribution in [0.2, 0.25) is 0 Å². The SMILES string of the molecule is [2H]C(C)(C)c1cc(-c2ccccc2)c(-n2c(-c3cc(C(C)(C)C)cc(C(C)(C)C)c3O)nc3c(-c4[c-]c(-c5cc(-c6ccc(C)cc6)ccn5)cc(C(C)(C)C)c4)cccc32)cc1-c1ccccc1.[Pt]. The van der Waals surface area contributed by atoms with Crippen LogP contribution in [0.3, 0.4) is 0 Å². The molecule has 0 aliphatic heterocycles. The molecule has 352 valence electrons. The standard InChI is InChI=1S/C64H64N3O.Pt/c1-40(2)51-38-53(44-22-17-14-18-23-44)58(39-52(51)43-20-15-13-16-21-43)67-57-25-19-24-50(59(57)66-61(67)54-36-49(63(7,8)9)37-55(60(54)68)64(10,11)12)46-32-47(34-48(33-46)62(4,5)6)56-35-45(30-31-65-56)42-28-26-41(3)27-29-42;/h13-31,33-40,68H,1-12H3;/q-1;/i40D;. The molecule has 0 bridgehead atoms. The molecule has 0 fully saturated rings. The molecule has 0 amide bonds. The third kappa shape index (κ3) is 9.79. The Bertz CT molecular complexity index is 3360. The molecule has 9 rings (SSSR count). The van der Waals surface area contributed by atoms with E-state index in [2.05, 4.69) is 219 Å². The summed E-state index contributed by atoms with van der Waals surface area (Å²) in [6, 6.07) is 57.2. The van der Waals surface area contributed by atoms with Crippen LogP contribution in [0.4, 0.5) is 0 Å². The molecule has 0 atom stereocenters. The predicted octanol–water partition coefficient (Wildman–Crippen LogP) is 17.3. The Kier molecular flexibility index (Phi) is 13.0. The quantitative estimate of drug-likeness (QED) is 0.154. The average molecular weight is 1090 g/mol. The number of hydrogen-bond acceptors (Lipinski definition) is 3. The first kappa shape index (κ1) is 47.7. The molecule has 0 unspecified atom stereocenters. The summed E-state index contributed by atoms with van der Waals surface area (Å²) in [6.45, 7) is 25.9. The fraction of sp³-hybridized carbons (Fsp3) is 0.250. The summed E-state index contributed by atoms with van der Waals surface area (Å²) in [5, 5.41) is 12.7. The second-order valence-electron chi connectivity index (χ2n) is 21.8. The first-order valence-corrected chi connectivity index (χ1v) is 23.9. The number of para-hydroxylation sites is 1. The molecule has 0 aliphatic rings. The van der Waals surface area contributed by atoms with E-state index in [0.29, 0.717) is 11.4 Å². The Labute approximate surface area is 426 Å². The third-order valence-corrected chi connectivity index (χ3v) is 13.2. The van der Waals surface area contributed by atoms with Crippen molar-refractivity contribution >= 4 is 11.0 Å². The van der Waals surface area contributed by atoms with Crippen molar-refractivity contribution in [1.29, 1.82) is 0 Å². The van der Waals surface area contributed by atoms with E-state index in [1.54, 1.807) is 0 Å². The van der Waals surface area contributed by atoms with Crippen molar-refractivity contribution in [2.75, 3.05) is 0 Å². The maximum Gasteiger partial charge on any atom is 0.148 e. The van der Waals surface area contributed by atoms with Gasteiger partial charge in [-0.3, -0.25) is 9.55 Å². The van der Waals surface area contributed by atoms with E-state index in [1.807, 2.05) is 32.2 Å². The molecule has 4 nitrogen and oxygen atoms in total. The Morgan fingerprint density at radius 3 is 1.78 bits per heavy atom. The zero-order valence-corrected chi connectivity index (χ0v) is 44.4. The normalized spacial score (nSPS) is 12.5. The summed E-state index contributed by atoms with van der Waals surface area (Å²) in [5.41, 5.74) is 17.4. The number of pyridine rings is 1. The van der Waals surface area contributed by atoms with Crippen LogP contribution in [0.15, 0.2) is 158 Å². The fourth-order valence-corrected chi connectivity index (χ4v) is 9.23. The van der Waals surface area contributed by atoms with E-state index in [-0.39, 0.29) is 43.1 Å². The van der Waals surface area contributed by atoms with Crippen molar-refractivity contribution in [2.45, 2.75) is 105 Å². The summed E-state index contributed by atoms with van der Waals surface area (Å²) in [4.78, 5) is 10.7. The van der Waals surface area contributed by atoms with Gasteiger partial charge >= 0.3 is 0 Å². The van der Waals surface area contributed by atoms with Gasteiger partial charge in [0.25, 0.3) is 0 Å². The number of rotatable bonds is 8. The minimum atomic E-state index is -0.929. The van der Waals surface area contributed by atoms with Crippen LogP contribution in [-0.4, -0.2) is 19.6 Å². The van der Waals surface area contributed by atoms with Gasteiger partial charge in [0.2, 0.25) is 0 Å². The first-order chi connectivity index (χ1) is 32.6. The maximum atomic E-state index is 12.7. The van der Waals surface area contributed by atoms with Crippen molar-refractivity contribution in [3.8, 4) is 78.6 Å². The van der Waals surface area contributed by atoms with Gasteiger partial charge in [-0.05, 0) is 98.3 Å². The van der Waals surface area contributed by atoms with Gasteiger partial charge in [0.15, 0.2) is 0 Å². The van der Waals surface area contributed by atoms with Crippen molar-refractivity contribution < 1.29 is 27.5 Å². The predicted molar refractivity (Wildman–Crippen MR) is 287 cm³/mol. The van der Waals surface area contributed by atoms with Gasteiger partial charge in [-0.25, -0.2) is 4.98 Å². The van der Waals surface area contributed by atoms with Crippen molar-refractivity contribution in [1.82, 2.24) is 14.5 Å². The Balaban J connectivity index is 0.00000659. The minimum absolute atomic E-state index is 0. The minimum Gasteiger partial charge on any atom is -0.507 e. The first-order valence-electron chi connectivity index (χ1n) is 24.4. The molecule has 0 spiro atoms. The maximum absolute atomic E-state index is 12.7. The number of phenols is 1. The molecule has 2 heterocycles.